The minimum Gasteiger partial charge on any atom is -0.348 e. The lowest BCUT2D eigenvalue weighted by Crippen LogP contribution is -2.54. The highest BCUT2D eigenvalue weighted by Crippen LogP contribution is 2.24. The minimum absolute atomic E-state index is 0.250. The molecule has 8 heteroatoms. The maximum atomic E-state index is 13.8. The van der Waals surface area contributed by atoms with Gasteiger partial charge in [-0.2, -0.15) is 0 Å². The highest BCUT2D eigenvalue weighted by Gasteiger charge is 2.33. The molecular formula is C21H23FN2O3S2. The average molecular weight is 435 g/mol. The fraction of sp³-hybridized carbons (Fsp3) is 0.333. The van der Waals surface area contributed by atoms with Crippen LogP contribution in [0.1, 0.15) is 24.1 Å². The van der Waals surface area contributed by atoms with Crippen LogP contribution in [0.5, 0.6) is 0 Å². The predicted octanol–water partition coefficient (Wildman–Crippen LogP) is 2.58. The Bertz CT molecular complexity index is 920. The minimum atomic E-state index is -1.05. The maximum Gasteiger partial charge on any atom is 0.243 e. The van der Waals surface area contributed by atoms with Crippen molar-refractivity contribution < 1.29 is 18.2 Å². The first-order valence-corrected chi connectivity index (χ1v) is 11.8. The lowest BCUT2D eigenvalue weighted by atomic mass is 10.1. The Labute approximate surface area is 176 Å². The Morgan fingerprint density at radius 2 is 1.97 bits per heavy atom. The number of halogens is 1. The average Bonchev–Trinajstić information content (AvgIpc) is 2.71. The quantitative estimate of drug-likeness (QED) is 0.733. The van der Waals surface area contributed by atoms with Crippen molar-refractivity contribution in [2.45, 2.75) is 35.6 Å². The zero-order valence-electron chi connectivity index (χ0n) is 16.2. The molecule has 2 aromatic rings. The van der Waals surface area contributed by atoms with Crippen molar-refractivity contribution >= 4 is 34.4 Å². The number of carbonyl (C=O) groups is 2. The van der Waals surface area contributed by atoms with E-state index in [0.717, 1.165) is 10.5 Å². The molecule has 1 aliphatic rings. The molecule has 0 radical (unpaired) electrons. The third kappa shape index (κ3) is 5.45. The van der Waals surface area contributed by atoms with Crippen LogP contribution < -0.4 is 10.6 Å². The van der Waals surface area contributed by atoms with Gasteiger partial charge in [0.1, 0.15) is 11.9 Å². The number of nitrogens with one attached hydrogen (secondary N) is 2. The highest BCUT2D eigenvalue weighted by molar-refractivity contribution is 8.00. The second kappa shape index (κ2) is 9.54. The maximum absolute atomic E-state index is 13.8. The fourth-order valence-electron chi connectivity index (χ4n) is 3.10. The highest BCUT2D eigenvalue weighted by atomic mass is 32.2. The van der Waals surface area contributed by atoms with Gasteiger partial charge in [-0.15, -0.1) is 11.8 Å². The van der Waals surface area contributed by atoms with Gasteiger partial charge in [0.2, 0.25) is 11.8 Å². The van der Waals surface area contributed by atoms with Crippen molar-refractivity contribution in [3.05, 3.63) is 65.5 Å². The molecule has 1 aliphatic heterocycles. The summed E-state index contributed by atoms with van der Waals surface area (Å²) in [4.78, 5) is 25.7. The van der Waals surface area contributed by atoms with Crippen molar-refractivity contribution in [2.24, 2.45) is 0 Å². The van der Waals surface area contributed by atoms with Crippen LogP contribution in [-0.4, -0.2) is 39.3 Å². The summed E-state index contributed by atoms with van der Waals surface area (Å²) in [7, 11) is -1.05. The smallest absolute Gasteiger partial charge is 0.243 e. The Hall–Kier alpha value is -2.19. The van der Waals surface area contributed by atoms with Gasteiger partial charge in [-0.1, -0.05) is 30.3 Å². The lowest BCUT2D eigenvalue weighted by molar-refractivity contribution is -0.129. The van der Waals surface area contributed by atoms with Crippen LogP contribution in [0.3, 0.4) is 0 Å². The Balaban J connectivity index is 1.55. The van der Waals surface area contributed by atoms with Crippen molar-refractivity contribution in [1.82, 2.24) is 10.6 Å². The molecule has 3 rings (SSSR count). The van der Waals surface area contributed by atoms with Gasteiger partial charge >= 0.3 is 0 Å². The summed E-state index contributed by atoms with van der Waals surface area (Å²) in [6.45, 7) is 1.86. The van der Waals surface area contributed by atoms with Gasteiger partial charge in [0.15, 0.2) is 0 Å². The fourth-order valence-corrected chi connectivity index (χ4v) is 4.79. The molecule has 29 heavy (non-hydrogen) atoms. The molecule has 4 atom stereocenters. The summed E-state index contributed by atoms with van der Waals surface area (Å²) in [6.07, 6.45) is 1.90. The lowest BCUT2D eigenvalue weighted by Gasteiger charge is -2.29. The molecule has 5 nitrogen and oxygen atoms in total. The van der Waals surface area contributed by atoms with E-state index < -0.39 is 22.1 Å². The van der Waals surface area contributed by atoms with Crippen LogP contribution >= 0.6 is 11.8 Å². The molecule has 1 heterocycles. The van der Waals surface area contributed by atoms with Crippen molar-refractivity contribution in [2.75, 3.05) is 12.0 Å². The summed E-state index contributed by atoms with van der Waals surface area (Å²) in [6, 6.07) is 12.7. The largest absolute Gasteiger partial charge is 0.348 e. The van der Waals surface area contributed by atoms with Gasteiger partial charge in [-0.3, -0.25) is 13.8 Å². The monoisotopic (exact) mass is 434 g/mol. The van der Waals surface area contributed by atoms with Crippen LogP contribution in [-0.2, 0) is 26.8 Å². The molecule has 1 fully saturated rings. The van der Waals surface area contributed by atoms with Gasteiger partial charge in [-0.25, -0.2) is 4.39 Å². The van der Waals surface area contributed by atoms with Crippen LogP contribution in [0.25, 0.3) is 0 Å². The normalized spacial score (nSPS) is 21.1. The van der Waals surface area contributed by atoms with E-state index in [1.807, 2.05) is 19.1 Å². The number of thioether (sulfide) groups is 1. The summed E-state index contributed by atoms with van der Waals surface area (Å²) in [5.74, 6) is -0.414. The Morgan fingerprint density at radius 1 is 1.28 bits per heavy atom. The zero-order chi connectivity index (χ0) is 21.0. The molecule has 1 saturated heterocycles. The third-order valence-corrected chi connectivity index (χ3v) is 7.07. The van der Waals surface area contributed by atoms with E-state index >= 15 is 0 Å². The first-order chi connectivity index (χ1) is 13.8. The van der Waals surface area contributed by atoms with Crippen LogP contribution in [0.4, 0.5) is 4.39 Å². The molecule has 2 N–H and O–H groups in total. The molecule has 2 aromatic carbocycles. The van der Waals surface area contributed by atoms with E-state index in [1.54, 1.807) is 36.6 Å². The van der Waals surface area contributed by atoms with E-state index in [9.17, 15) is 18.2 Å². The van der Waals surface area contributed by atoms with Gasteiger partial charge < -0.3 is 10.6 Å². The van der Waals surface area contributed by atoms with Crippen LogP contribution in [0, 0.1) is 5.82 Å². The summed E-state index contributed by atoms with van der Waals surface area (Å²) >= 11 is 1.37. The summed E-state index contributed by atoms with van der Waals surface area (Å²) in [5.41, 5.74) is 1.38. The Kier molecular flexibility index (Phi) is 7.08. The standard InChI is InChI=1S/C21H23FN2O3S2/c1-13(14-7-9-16(10-8-14)29(2)27)23-20(25)18-12-28-19(21(26)24-18)11-15-5-3-4-6-17(15)22/h3-10,13,18-19H,11-12H2,1-2H3,(H,23,25)(H,24,26)/t13-,18-,19-,29-/m0/s1. The SMILES string of the molecule is C[C@H](NC(=O)[C@@H]1CS[C@@H](Cc2ccccc2F)C(=O)N1)c1ccc([S@](C)=O)cc1. The van der Waals surface area contributed by atoms with E-state index in [0.29, 0.717) is 17.7 Å². The number of hydrogen-bond acceptors (Lipinski definition) is 4. The molecular weight excluding hydrogens is 411 g/mol. The van der Waals surface area contributed by atoms with Crippen LogP contribution in [0.15, 0.2) is 53.4 Å². The number of amides is 2. The van der Waals surface area contributed by atoms with E-state index in [2.05, 4.69) is 10.6 Å². The van der Waals surface area contributed by atoms with E-state index in [4.69, 9.17) is 0 Å². The number of benzene rings is 2. The van der Waals surface area contributed by atoms with Gasteiger partial charge in [0.05, 0.1) is 11.3 Å². The predicted molar refractivity (Wildman–Crippen MR) is 114 cm³/mol. The van der Waals surface area contributed by atoms with Crippen molar-refractivity contribution in [1.29, 1.82) is 0 Å². The number of carbonyl (C=O) groups excluding carboxylic acids is 2. The van der Waals surface area contributed by atoms with Gasteiger partial charge in [-0.05, 0) is 42.7 Å². The zero-order valence-corrected chi connectivity index (χ0v) is 17.8. The third-order valence-electron chi connectivity index (χ3n) is 4.82. The van der Waals surface area contributed by atoms with Crippen molar-refractivity contribution in [3.63, 3.8) is 0 Å². The topological polar surface area (TPSA) is 75.3 Å². The molecule has 0 saturated carbocycles. The Morgan fingerprint density at radius 3 is 2.59 bits per heavy atom. The molecule has 0 bridgehead atoms. The second-order valence-corrected chi connectivity index (χ2v) is 9.55. The van der Waals surface area contributed by atoms with Gasteiger partial charge in [0, 0.05) is 27.7 Å². The van der Waals surface area contributed by atoms with E-state index in [1.165, 1.54) is 17.8 Å². The molecule has 154 valence electrons. The summed E-state index contributed by atoms with van der Waals surface area (Å²) < 4.78 is 25.3. The van der Waals surface area contributed by atoms with Crippen molar-refractivity contribution in [3.8, 4) is 0 Å². The first-order valence-electron chi connectivity index (χ1n) is 9.24. The van der Waals surface area contributed by atoms with Crippen LogP contribution in [0.2, 0.25) is 0 Å². The molecule has 0 aromatic heterocycles. The van der Waals surface area contributed by atoms with E-state index in [-0.39, 0.29) is 23.7 Å². The number of rotatable bonds is 6. The number of hydrogen-bond donors (Lipinski definition) is 2. The molecule has 0 unspecified atom stereocenters. The summed E-state index contributed by atoms with van der Waals surface area (Å²) in [5, 5.41) is 5.24. The molecule has 0 aliphatic carbocycles. The second-order valence-electron chi connectivity index (χ2n) is 6.93. The van der Waals surface area contributed by atoms with Gasteiger partial charge in [0.25, 0.3) is 0 Å². The molecule has 2 amide bonds. The molecule has 0 spiro atoms. The first kappa shape index (κ1) is 21.5.